The SMILES string of the molecule is O=C1CC(CS(=O)(=O)Cl)CN1c1ccccc1CN1CCCC1. The Bertz CT molecular complexity index is 686. The number of amides is 1. The third-order valence-electron chi connectivity index (χ3n) is 4.51. The summed E-state index contributed by atoms with van der Waals surface area (Å²) in [5, 5.41) is 0. The number of carbonyl (C=O) groups is 1. The second kappa shape index (κ2) is 6.79. The summed E-state index contributed by atoms with van der Waals surface area (Å²) in [5.74, 6) is -0.403. The zero-order valence-electron chi connectivity index (χ0n) is 12.9. The first-order valence-electron chi connectivity index (χ1n) is 7.95. The normalized spacial score (nSPS) is 22.9. The van der Waals surface area contributed by atoms with Crippen molar-refractivity contribution < 1.29 is 13.2 Å². The summed E-state index contributed by atoms with van der Waals surface area (Å²) in [5.41, 5.74) is 2.02. The molecular weight excluding hydrogens is 336 g/mol. The first-order valence-corrected chi connectivity index (χ1v) is 10.4. The summed E-state index contributed by atoms with van der Waals surface area (Å²) >= 11 is 0. The smallest absolute Gasteiger partial charge is 0.232 e. The highest BCUT2D eigenvalue weighted by atomic mass is 35.7. The number of benzene rings is 1. The number of rotatable bonds is 5. The van der Waals surface area contributed by atoms with E-state index >= 15 is 0 Å². The van der Waals surface area contributed by atoms with Gasteiger partial charge >= 0.3 is 0 Å². The van der Waals surface area contributed by atoms with Gasteiger partial charge in [0.15, 0.2) is 0 Å². The van der Waals surface area contributed by atoms with Gasteiger partial charge in [-0.15, -0.1) is 0 Å². The first kappa shape index (κ1) is 16.7. The van der Waals surface area contributed by atoms with E-state index in [0.29, 0.717) is 6.54 Å². The van der Waals surface area contributed by atoms with Crippen LogP contribution < -0.4 is 4.90 Å². The van der Waals surface area contributed by atoms with Gasteiger partial charge in [0.25, 0.3) is 0 Å². The predicted octanol–water partition coefficient (Wildman–Crippen LogP) is 2.20. The third-order valence-corrected chi connectivity index (χ3v) is 5.76. The monoisotopic (exact) mass is 356 g/mol. The Hall–Kier alpha value is -1.11. The molecule has 1 amide bonds. The molecule has 3 rings (SSSR count). The standard InChI is InChI=1S/C16H21ClN2O3S/c17-23(21,22)12-13-9-16(20)19(10-13)15-6-2-1-5-14(15)11-18-7-3-4-8-18/h1-2,5-6,13H,3-4,7-12H2. The van der Waals surface area contributed by atoms with Gasteiger partial charge in [0, 0.05) is 41.8 Å². The fourth-order valence-corrected chi connectivity index (χ4v) is 4.82. The molecule has 1 aromatic rings. The number of hydrogen-bond donors (Lipinski definition) is 0. The van der Waals surface area contributed by atoms with E-state index in [1.807, 2.05) is 24.3 Å². The van der Waals surface area contributed by atoms with Gasteiger partial charge in [-0.2, -0.15) is 0 Å². The number of carbonyl (C=O) groups excluding carboxylic acids is 1. The van der Waals surface area contributed by atoms with E-state index in [0.717, 1.165) is 30.9 Å². The van der Waals surface area contributed by atoms with E-state index in [4.69, 9.17) is 10.7 Å². The second-order valence-electron chi connectivity index (χ2n) is 6.39. The third kappa shape index (κ3) is 4.25. The summed E-state index contributed by atoms with van der Waals surface area (Å²) in [6, 6.07) is 7.89. The van der Waals surface area contributed by atoms with Crippen molar-refractivity contribution in [2.24, 2.45) is 5.92 Å². The van der Waals surface area contributed by atoms with E-state index < -0.39 is 9.05 Å². The van der Waals surface area contributed by atoms with Crippen molar-refractivity contribution in [3.8, 4) is 0 Å². The van der Waals surface area contributed by atoms with Gasteiger partial charge in [-0.05, 0) is 37.6 Å². The number of hydrogen-bond acceptors (Lipinski definition) is 4. The molecule has 2 heterocycles. The fraction of sp³-hybridized carbons (Fsp3) is 0.562. The van der Waals surface area contributed by atoms with Crippen LogP contribution in [-0.2, 0) is 20.4 Å². The van der Waals surface area contributed by atoms with Crippen molar-refractivity contribution in [1.82, 2.24) is 4.90 Å². The number of para-hydroxylation sites is 1. The van der Waals surface area contributed by atoms with E-state index in [9.17, 15) is 13.2 Å². The second-order valence-corrected chi connectivity index (χ2v) is 9.21. The molecule has 0 aliphatic carbocycles. The molecule has 0 spiro atoms. The van der Waals surface area contributed by atoms with E-state index in [1.54, 1.807) is 4.90 Å². The maximum atomic E-state index is 12.3. The number of halogens is 1. The van der Waals surface area contributed by atoms with Crippen LogP contribution in [-0.4, -0.2) is 44.6 Å². The Kier molecular flexibility index (Phi) is 4.94. The van der Waals surface area contributed by atoms with Crippen molar-refractivity contribution in [3.05, 3.63) is 29.8 Å². The van der Waals surface area contributed by atoms with Crippen LogP contribution in [0.15, 0.2) is 24.3 Å². The van der Waals surface area contributed by atoms with Crippen LogP contribution in [0.5, 0.6) is 0 Å². The molecule has 1 aromatic carbocycles. The lowest BCUT2D eigenvalue weighted by atomic mass is 10.1. The molecule has 0 aromatic heterocycles. The van der Waals surface area contributed by atoms with Gasteiger partial charge in [-0.1, -0.05) is 18.2 Å². The van der Waals surface area contributed by atoms with Gasteiger partial charge < -0.3 is 4.90 Å². The Balaban J connectivity index is 1.77. The number of likely N-dealkylation sites (tertiary alicyclic amines) is 1. The predicted molar refractivity (Wildman–Crippen MR) is 91.1 cm³/mol. The van der Waals surface area contributed by atoms with Crippen LogP contribution >= 0.6 is 10.7 Å². The lowest BCUT2D eigenvalue weighted by Crippen LogP contribution is -2.28. The van der Waals surface area contributed by atoms with Crippen LogP contribution in [0.4, 0.5) is 5.69 Å². The van der Waals surface area contributed by atoms with Crippen molar-refractivity contribution in [3.63, 3.8) is 0 Å². The maximum Gasteiger partial charge on any atom is 0.232 e. The summed E-state index contributed by atoms with van der Waals surface area (Å²) in [6.45, 7) is 3.44. The molecule has 1 atom stereocenters. The fourth-order valence-electron chi connectivity index (χ4n) is 3.50. The minimum absolute atomic E-state index is 0.0239. The lowest BCUT2D eigenvalue weighted by molar-refractivity contribution is -0.117. The van der Waals surface area contributed by atoms with Crippen molar-refractivity contribution >= 4 is 31.3 Å². The number of nitrogens with zero attached hydrogens (tertiary/aromatic N) is 2. The molecule has 2 fully saturated rings. The van der Waals surface area contributed by atoms with Crippen LogP contribution in [0.25, 0.3) is 0 Å². The minimum atomic E-state index is -3.58. The average Bonchev–Trinajstić information content (AvgIpc) is 3.08. The van der Waals surface area contributed by atoms with E-state index in [1.165, 1.54) is 12.8 Å². The molecule has 23 heavy (non-hydrogen) atoms. The topological polar surface area (TPSA) is 57.7 Å². The Morgan fingerprint density at radius 1 is 1.17 bits per heavy atom. The van der Waals surface area contributed by atoms with Crippen molar-refractivity contribution in [1.29, 1.82) is 0 Å². The minimum Gasteiger partial charge on any atom is -0.312 e. The van der Waals surface area contributed by atoms with Gasteiger partial charge in [0.05, 0.1) is 5.75 Å². The van der Waals surface area contributed by atoms with E-state index in [2.05, 4.69) is 4.90 Å². The number of anilines is 1. The molecule has 0 bridgehead atoms. The van der Waals surface area contributed by atoms with Crippen molar-refractivity contribution in [2.75, 3.05) is 30.3 Å². The largest absolute Gasteiger partial charge is 0.312 e. The molecule has 2 saturated heterocycles. The molecule has 0 N–H and O–H groups in total. The molecule has 7 heteroatoms. The Morgan fingerprint density at radius 3 is 2.57 bits per heavy atom. The molecule has 2 aliphatic rings. The highest BCUT2D eigenvalue weighted by Crippen LogP contribution is 2.30. The van der Waals surface area contributed by atoms with Crippen molar-refractivity contribution in [2.45, 2.75) is 25.8 Å². The average molecular weight is 357 g/mol. The maximum absolute atomic E-state index is 12.3. The summed E-state index contributed by atoms with van der Waals surface area (Å²) < 4.78 is 22.5. The van der Waals surface area contributed by atoms with Crippen LogP contribution in [0.3, 0.4) is 0 Å². The molecule has 126 valence electrons. The van der Waals surface area contributed by atoms with Gasteiger partial charge in [-0.3, -0.25) is 9.69 Å². The van der Waals surface area contributed by atoms with Gasteiger partial charge in [0.2, 0.25) is 15.0 Å². The molecule has 2 aliphatic heterocycles. The lowest BCUT2D eigenvalue weighted by Gasteiger charge is -2.23. The summed E-state index contributed by atoms with van der Waals surface area (Å²) in [6.07, 6.45) is 2.69. The first-order chi connectivity index (χ1) is 10.9. The van der Waals surface area contributed by atoms with Gasteiger partial charge in [-0.25, -0.2) is 8.42 Å². The molecular formula is C16H21ClN2O3S. The molecule has 0 radical (unpaired) electrons. The Morgan fingerprint density at radius 2 is 1.87 bits per heavy atom. The van der Waals surface area contributed by atoms with Gasteiger partial charge in [0.1, 0.15) is 0 Å². The van der Waals surface area contributed by atoms with Crippen LogP contribution in [0, 0.1) is 5.92 Å². The zero-order valence-corrected chi connectivity index (χ0v) is 14.5. The quantitative estimate of drug-likeness (QED) is 0.759. The van der Waals surface area contributed by atoms with Crippen LogP contribution in [0.2, 0.25) is 0 Å². The van der Waals surface area contributed by atoms with Crippen LogP contribution in [0.1, 0.15) is 24.8 Å². The summed E-state index contributed by atoms with van der Waals surface area (Å²) in [4.78, 5) is 16.4. The Labute approximate surface area is 141 Å². The zero-order chi connectivity index (χ0) is 16.4. The molecule has 5 nitrogen and oxygen atoms in total. The highest BCUT2D eigenvalue weighted by molar-refractivity contribution is 8.13. The molecule has 1 unspecified atom stereocenters. The summed E-state index contributed by atoms with van der Waals surface area (Å²) in [7, 11) is 1.75. The highest BCUT2D eigenvalue weighted by Gasteiger charge is 2.34. The molecule has 0 saturated carbocycles. The van der Waals surface area contributed by atoms with E-state index in [-0.39, 0.29) is 24.0 Å².